The van der Waals surface area contributed by atoms with Gasteiger partial charge in [-0.1, -0.05) is 13.8 Å². The zero-order valence-corrected chi connectivity index (χ0v) is 13.8. The third-order valence-corrected chi connectivity index (χ3v) is 4.53. The van der Waals surface area contributed by atoms with Crippen molar-refractivity contribution in [1.82, 2.24) is 4.90 Å². The Labute approximate surface area is 128 Å². The van der Waals surface area contributed by atoms with Gasteiger partial charge in [-0.3, -0.25) is 4.79 Å². The molecule has 0 saturated carbocycles. The topological polar surface area (TPSA) is 32.3 Å². The average molecular weight is 288 g/mol. The number of rotatable bonds is 5. The maximum atomic E-state index is 12.8. The summed E-state index contributed by atoms with van der Waals surface area (Å²) in [7, 11) is 0. The van der Waals surface area contributed by atoms with Crippen molar-refractivity contribution < 1.29 is 4.79 Å². The van der Waals surface area contributed by atoms with Gasteiger partial charge in [0.25, 0.3) is 5.91 Å². The second kappa shape index (κ2) is 6.97. The molecule has 1 heterocycles. The van der Waals surface area contributed by atoms with Crippen LogP contribution < -0.4 is 5.32 Å². The average Bonchev–Trinajstić information content (AvgIpc) is 2.86. The van der Waals surface area contributed by atoms with Gasteiger partial charge in [0, 0.05) is 29.9 Å². The second-order valence-electron chi connectivity index (χ2n) is 6.16. The van der Waals surface area contributed by atoms with Crippen LogP contribution in [0.2, 0.25) is 0 Å². The minimum absolute atomic E-state index is 0.192. The minimum atomic E-state index is 0.192. The van der Waals surface area contributed by atoms with E-state index in [4.69, 9.17) is 0 Å². The summed E-state index contributed by atoms with van der Waals surface area (Å²) in [4.78, 5) is 14.9. The molecule has 0 bridgehead atoms. The number of hydrogen-bond acceptors (Lipinski definition) is 2. The van der Waals surface area contributed by atoms with Crippen LogP contribution in [0.4, 0.5) is 5.69 Å². The molecule has 21 heavy (non-hydrogen) atoms. The third kappa shape index (κ3) is 3.39. The Balaban J connectivity index is 2.17. The van der Waals surface area contributed by atoms with Crippen LogP contribution in [0.15, 0.2) is 18.2 Å². The number of nitrogens with zero attached hydrogens (tertiary/aromatic N) is 1. The number of likely N-dealkylation sites (tertiary alicyclic amines) is 1. The van der Waals surface area contributed by atoms with Gasteiger partial charge >= 0.3 is 0 Å². The number of carbonyl (C=O) groups excluding carboxylic acids is 1. The molecule has 1 aromatic carbocycles. The standard InChI is InChI=1S/C18H28N2O/c1-5-11-19-17-10-8-15(12-13(17)3)18(21)20-14(4)7-9-16(20)6-2/h8,10,12,14,16,19H,5-7,9,11H2,1-4H3. The number of aryl methyl sites for hydroxylation is 1. The number of benzene rings is 1. The molecule has 2 unspecified atom stereocenters. The molecule has 0 radical (unpaired) electrons. The molecule has 1 aliphatic rings. The highest BCUT2D eigenvalue weighted by Gasteiger charge is 2.33. The zero-order chi connectivity index (χ0) is 15.4. The summed E-state index contributed by atoms with van der Waals surface area (Å²) in [5, 5.41) is 3.40. The van der Waals surface area contributed by atoms with Crippen LogP contribution in [-0.2, 0) is 0 Å². The lowest BCUT2D eigenvalue weighted by Gasteiger charge is -2.28. The molecule has 3 nitrogen and oxygen atoms in total. The highest BCUT2D eigenvalue weighted by atomic mass is 16.2. The fraction of sp³-hybridized carbons (Fsp3) is 0.611. The van der Waals surface area contributed by atoms with Gasteiger partial charge in [-0.15, -0.1) is 0 Å². The van der Waals surface area contributed by atoms with E-state index < -0.39 is 0 Å². The van der Waals surface area contributed by atoms with Crippen molar-refractivity contribution in [3.05, 3.63) is 29.3 Å². The van der Waals surface area contributed by atoms with Crippen LogP contribution in [0.5, 0.6) is 0 Å². The molecule has 1 fully saturated rings. The van der Waals surface area contributed by atoms with Crippen molar-refractivity contribution >= 4 is 11.6 Å². The summed E-state index contributed by atoms with van der Waals surface area (Å²) < 4.78 is 0. The molecule has 3 heteroatoms. The number of anilines is 1. The van der Waals surface area contributed by atoms with Crippen molar-refractivity contribution in [2.45, 2.75) is 65.5 Å². The fourth-order valence-electron chi connectivity index (χ4n) is 3.24. The van der Waals surface area contributed by atoms with Gasteiger partial charge in [0.15, 0.2) is 0 Å². The summed E-state index contributed by atoms with van der Waals surface area (Å²) in [6.07, 6.45) is 4.41. The Hall–Kier alpha value is -1.51. The van der Waals surface area contributed by atoms with Gasteiger partial charge in [0.1, 0.15) is 0 Å². The Bertz CT molecular complexity index is 498. The van der Waals surface area contributed by atoms with E-state index in [9.17, 15) is 4.79 Å². The van der Waals surface area contributed by atoms with E-state index in [-0.39, 0.29) is 5.91 Å². The lowest BCUT2D eigenvalue weighted by molar-refractivity contribution is 0.0676. The van der Waals surface area contributed by atoms with Gasteiger partial charge in [-0.2, -0.15) is 0 Å². The summed E-state index contributed by atoms with van der Waals surface area (Å²) in [6, 6.07) is 6.80. The Morgan fingerprint density at radius 2 is 2.10 bits per heavy atom. The third-order valence-electron chi connectivity index (χ3n) is 4.53. The highest BCUT2D eigenvalue weighted by molar-refractivity contribution is 5.95. The van der Waals surface area contributed by atoms with Crippen LogP contribution in [-0.4, -0.2) is 29.4 Å². The van der Waals surface area contributed by atoms with Gasteiger partial charge in [-0.25, -0.2) is 0 Å². The Morgan fingerprint density at radius 3 is 2.71 bits per heavy atom. The lowest BCUT2D eigenvalue weighted by Crippen LogP contribution is -2.39. The molecule has 2 atom stereocenters. The SMILES string of the molecule is CCCNc1ccc(C(=O)N2C(C)CCC2CC)cc1C. The molecule has 2 rings (SSSR count). The van der Waals surface area contributed by atoms with Gasteiger partial charge in [0.05, 0.1) is 0 Å². The monoisotopic (exact) mass is 288 g/mol. The summed E-state index contributed by atoms with van der Waals surface area (Å²) in [5.74, 6) is 0.192. The van der Waals surface area contributed by atoms with Gasteiger partial charge in [-0.05, 0) is 63.3 Å². The van der Waals surface area contributed by atoms with Gasteiger partial charge in [0.2, 0.25) is 0 Å². The quantitative estimate of drug-likeness (QED) is 0.879. The maximum absolute atomic E-state index is 12.8. The van der Waals surface area contributed by atoms with Crippen LogP contribution in [0.3, 0.4) is 0 Å². The molecule has 0 aliphatic carbocycles. The molecule has 1 aliphatic heterocycles. The molecule has 1 N–H and O–H groups in total. The first kappa shape index (κ1) is 15.9. The predicted octanol–water partition coefficient (Wildman–Crippen LogP) is 4.22. The lowest BCUT2D eigenvalue weighted by atomic mass is 10.1. The van der Waals surface area contributed by atoms with E-state index in [0.717, 1.165) is 49.0 Å². The Morgan fingerprint density at radius 1 is 1.33 bits per heavy atom. The molecule has 0 aromatic heterocycles. The van der Waals surface area contributed by atoms with Crippen molar-refractivity contribution in [2.75, 3.05) is 11.9 Å². The molecule has 1 saturated heterocycles. The summed E-state index contributed by atoms with van der Waals surface area (Å²) in [6.45, 7) is 9.53. The first-order valence-electron chi connectivity index (χ1n) is 8.25. The zero-order valence-electron chi connectivity index (χ0n) is 13.8. The highest BCUT2D eigenvalue weighted by Crippen LogP contribution is 2.28. The van der Waals surface area contributed by atoms with Gasteiger partial charge < -0.3 is 10.2 Å². The van der Waals surface area contributed by atoms with Crippen LogP contribution in [0.1, 0.15) is 62.4 Å². The van der Waals surface area contributed by atoms with Crippen molar-refractivity contribution in [3.8, 4) is 0 Å². The van der Waals surface area contributed by atoms with E-state index in [2.05, 4.69) is 37.9 Å². The molecule has 116 valence electrons. The first-order valence-corrected chi connectivity index (χ1v) is 8.25. The predicted molar refractivity (Wildman–Crippen MR) is 88.9 cm³/mol. The first-order chi connectivity index (χ1) is 10.1. The minimum Gasteiger partial charge on any atom is -0.385 e. The smallest absolute Gasteiger partial charge is 0.254 e. The van der Waals surface area contributed by atoms with Crippen LogP contribution in [0, 0.1) is 6.92 Å². The maximum Gasteiger partial charge on any atom is 0.254 e. The largest absolute Gasteiger partial charge is 0.385 e. The van der Waals surface area contributed by atoms with Crippen LogP contribution >= 0.6 is 0 Å². The fourth-order valence-corrected chi connectivity index (χ4v) is 3.24. The molecule has 0 spiro atoms. The summed E-state index contributed by atoms with van der Waals surface area (Å²) in [5.41, 5.74) is 3.10. The number of carbonyl (C=O) groups is 1. The van der Waals surface area contributed by atoms with Crippen LogP contribution in [0.25, 0.3) is 0 Å². The number of amides is 1. The molecular formula is C18H28N2O. The van der Waals surface area contributed by atoms with E-state index >= 15 is 0 Å². The normalized spacial score (nSPS) is 21.6. The van der Waals surface area contributed by atoms with E-state index in [1.165, 1.54) is 0 Å². The van der Waals surface area contributed by atoms with Crippen molar-refractivity contribution in [2.24, 2.45) is 0 Å². The second-order valence-corrected chi connectivity index (χ2v) is 6.16. The number of hydrogen-bond donors (Lipinski definition) is 1. The van der Waals surface area contributed by atoms with E-state index in [1.807, 2.05) is 18.2 Å². The molecule has 1 amide bonds. The summed E-state index contributed by atoms with van der Waals surface area (Å²) >= 11 is 0. The van der Waals surface area contributed by atoms with Crippen molar-refractivity contribution in [1.29, 1.82) is 0 Å². The van der Waals surface area contributed by atoms with E-state index in [1.54, 1.807) is 0 Å². The Kier molecular flexibility index (Phi) is 5.27. The molecule has 1 aromatic rings. The number of nitrogens with one attached hydrogen (secondary N) is 1. The molecular weight excluding hydrogens is 260 g/mol. The van der Waals surface area contributed by atoms with Crippen molar-refractivity contribution in [3.63, 3.8) is 0 Å². The van der Waals surface area contributed by atoms with E-state index in [0.29, 0.717) is 12.1 Å².